The number of methoxy groups -OCH3 is 1. The lowest BCUT2D eigenvalue weighted by molar-refractivity contribution is -0.142. The number of hydrogen-bond donors (Lipinski definition) is 1. The summed E-state index contributed by atoms with van der Waals surface area (Å²) in [5, 5.41) is 2.51. The maximum Gasteiger partial charge on any atom is 0.325 e. The number of esters is 1. The molecular weight excluding hydrogens is 224 g/mol. The molecule has 1 heterocycles. The number of ether oxygens (including phenoxy) is 1. The van der Waals surface area contributed by atoms with Crippen molar-refractivity contribution in [2.24, 2.45) is 5.92 Å². The summed E-state index contributed by atoms with van der Waals surface area (Å²) >= 11 is 0. The van der Waals surface area contributed by atoms with Gasteiger partial charge in [0.2, 0.25) is 11.8 Å². The Morgan fingerprint density at radius 2 is 2.12 bits per heavy atom. The van der Waals surface area contributed by atoms with Crippen molar-refractivity contribution in [3.63, 3.8) is 0 Å². The smallest absolute Gasteiger partial charge is 0.325 e. The van der Waals surface area contributed by atoms with Crippen molar-refractivity contribution in [3.05, 3.63) is 0 Å². The van der Waals surface area contributed by atoms with Crippen LogP contribution in [0.3, 0.4) is 0 Å². The molecule has 17 heavy (non-hydrogen) atoms. The Morgan fingerprint density at radius 1 is 1.41 bits per heavy atom. The van der Waals surface area contributed by atoms with E-state index in [-0.39, 0.29) is 24.3 Å². The Hall–Kier alpha value is -1.59. The Labute approximate surface area is 100 Å². The fourth-order valence-electron chi connectivity index (χ4n) is 1.85. The number of nitrogens with zero attached hydrogens (tertiary/aromatic N) is 1. The molecule has 96 valence electrons. The predicted octanol–water partition coefficient (Wildman–Crippen LogP) is -0.466. The van der Waals surface area contributed by atoms with Crippen LogP contribution in [0.25, 0.3) is 0 Å². The topological polar surface area (TPSA) is 75.7 Å². The van der Waals surface area contributed by atoms with Crippen molar-refractivity contribution in [1.29, 1.82) is 0 Å². The number of carbonyl (C=O) groups is 3. The summed E-state index contributed by atoms with van der Waals surface area (Å²) in [6, 6.07) is 0. The van der Waals surface area contributed by atoms with Gasteiger partial charge in [0.15, 0.2) is 0 Å². The van der Waals surface area contributed by atoms with Crippen LogP contribution in [0, 0.1) is 5.92 Å². The van der Waals surface area contributed by atoms with Crippen molar-refractivity contribution in [2.45, 2.75) is 19.8 Å². The molecule has 1 saturated heterocycles. The summed E-state index contributed by atoms with van der Waals surface area (Å²) in [7, 11) is 1.27. The van der Waals surface area contributed by atoms with Crippen LogP contribution >= 0.6 is 0 Å². The van der Waals surface area contributed by atoms with Crippen molar-refractivity contribution in [2.75, 3.05) is 26.7 Å². The molecule has 2 amide bonds. The molecule has 0 aliphatic carbocycles. The van der Waals surface area contributed by atoms with E-state index in [1.807, 2.05) is 0 Å². The first kappa shape index (κ1) is 13.5. The van der Waals surface area contributed by atoms with Crippen LogP contribution in [0.15, 0.2) is 0 Å². The second-order valence-corrected chi connectivity index (χ2v) is 4.10. The van der Waals surface area contributed by atoms with Crippen molar-refractivity contribution in [3.8, 4) is 0 Å². The molecule has 6 nitrogen and oxygen atoms in total. The van der Waals surface area contributed by atoms with Crippen LogP contribution in [-0.2, 0) is 19.1 Å². The molecular formula is C11H18N2O4. The van der Waals surface area contributed by atoms with Crippen LogP contribution in [0.5, 0.6) is 0 Å². The maximum absolute atomic E-state index is 11.7. The van der Waals surface area contributed by atoms with E-state index < -0.39 is 5.97 Å². The largest absolute Gasteiger partial charge is 0.468 e. The summed E-state index contributed by atoms with van der Waals surface area (Å²) in [6.07, 6.45) is 1.56. The van der Waals surface area contributed by atoms with Gasteiger partial charge in [-0.3, -0.25) is 14.4 Å². The van der Waals surface area contributed by atoms with E-state index in [0.717, 1.165) is 12.8 Å². The number of rotatable bonds is 3. The normalized spacial score (nSPS) is 19.6. The number of hydrogen-bond acceptors (Lipinski definition) is 4. The second-order valence-electron chi connectivity index (χ2n) is 4.10. The molecule has 0 saturated carbocycles. The zero-order chi connectivity index (χ0) is 12.8. The van der Waals surface area contributed by atoms with Gasteiger partial charge in [0.25, 0.3) is 0 Å². The van der Waals surface area contributed by atoms with Gasteiger partial charge in [0, 0.05) is 20.0 Å². The first-order valence-electron chi connectivity index (χ1n) is 5.64. The number of amides is 2. The molecule has 0 spiro atoms. The molecule has 1 fully saturated rings. The molecule has 0 radical (unpaired) electrons. The highest BCUT2D eigenvalue weighted by molar-refractivity contribution is 5.84. The van der Waals surface area contributed by atoms with E-state index in [0.29, 0.717) is 13.1 Å². The minimum Gasteiger partial charge on any atom is -0.468 e. The fourth-order valence-corrected chi connectivity index (χ4v) is 1.85. The predicted molar refractivity (Wildman–Crippen MR) is 60.0 cm³/mol. The van der Waals surface area contributed by atoms with Crippen molar-refractivity contribution < 1.29 is 19.1 Å². The van der Waals surface area contributed by atoms with Crippen LogP contribution in [0.4, 0.5) is 0 Å². The van der Waals surface area contributed by atoms with Crippen molar-refractivity contribution in [1.82, 2.24) is 10.2 Å². The summed E-state index contributed by atoms with van der Waals surface area (Å²) < 4.78 is 4.43. The van der Waals surface area contributed by atoms with Gasteiger partial charge in [-0.25, -0.2) is 0 Å². The van der Waals surface area contributed by atoms with E-state index in [1.165, 1.54) is 14.0 Å². The SMILES string of the molecule is COC(=O)CNC(=O)C1CCCN(C(C)=O)C1. The van der Waals surface area contributed by atoms with Crippen LogP contribution in [0.2, 0.25) is 0 Å². The highest BCUT2D eigenvalue weighted by Gasteiger charge is 2.27. The van der Waals surface area contributed by atoms with E-state index in [9.17, 15) is 14.4 Å². The zero-order valence-corrected chi connectivity index (χ0v) is 10.2. The molecule has 0 aromatic carbocycles. The van der Waals surface area contributed by atoms with Crippen LogP contribution in [0.1, 0.15) is 19.8 Å². The van der Waals surface area contributed by atoms with Gasteiger partial charge in [-0.05, 0) is 12.8 Å². The van der Waals surface area contributed by atoms with E-state index in [1.54, 1.807) is 4.90 Å². The summed E-state index contributed by atoms with van der Waals surface area (Å²) in [6.45, 7) is 2.51. The molecule has 6 heteroatoms. The minimum absolute atomic E-state index is 0.0181. The first-order chi connectivity index (χ1) is 8.04. The first-order valence-corrected chi connectivity index (χ1v) is 5.64. The number of nitrogens with one attached hydrogen (secondary N) is 1. The average Bonchev–Trinajstić information content (AvgIpc) is 2.35. The summed E-state index contributed by atoms with van der Waals surface area (Å²) in [5.74, 6) is -0.910. The third-order valence-electron chi connectivity index (χ3n) is 2.87. The van der Waals surface area contributed by atoms with Gasteiger partial charge in [-0.15, -0.1) is 0 Å². The number of piperidine rings is 1. The lowest BCUT2D eigenvalue weighted by atomic mass is 9.97. The standard InChI is InChI=1S/C11H18N2O4/c1-8(14)13-5-3-4-9(7-13)11(16)12-6-10(15)17-2/h9H,3-7H2,1-2H3,(H,12,16). The second kappa shape index (κ2) is 6.22. The van der Waals surface area contributed by atoms with E-state index in [2.05, 4.69) is 10.1 Å². The summed E-state index contributed by atoms with van der Waals surface area (Å²) in [5.41, 5.74) is 0. The molecule has 0 bridgehead atoms. The average molecular weight is 242 g/mol. The van der Waals surface area contributed by atoms with E-state index >= 15 is 0 Å². The highest BCUT2D eigenvalue weighted by Crippen LogP contribution is 2.16. The Balaban J connectivity index is 2.41. The Morgan fingerprint density at radius 3 is 2.71 bits per heavy atom. The van der Waals surface area contributed by atoms with Crippen LogP contribution in [-0.4, -0.2) is 49.4 Å². The molecule has 1 aliphatic heterocycles. The lowest BCUT2D eigenvalue weighted by Crippen LogP contribution is -2.45. The molecule has 0 aromatic heterocycles. The third-order valence-corrected chi connectivity index (χ3v) is 2.87. The monoisotopic (exact) mass is 242 g/mol. The number of carbonyl (C=O) groups excluding carboxylic acids is 3. The molecule has 0 aromatic rings. The number of likely N-dealkylation sites (tertiary alicyclic amines) is 1. The minimum atomic E-state index is -0.474. The van der Waals surface area contributed by atoms with Gasteiger partial charge in [0.1, 0.15) is 6.54 Å². The highest BCUT2D eigenvalue weighted by atomic mass is 16.5. The van der Waals surface area contributed by atoms with Gasteiger partial charge in [0.05, 0.1) is 13.0 Å². The molecule has 1 N–H and O–H groups in total. The van der Waals surface area contributed by atoms with Gasteiger partial charge < -0.3 is 15.0 Å². The van der Waals surface area contributed by atoms with Gasteiger partial charge in [-0.1, -0.05) is 0 Å². The molecule has 1 rings (SSSR count). The van der Waals surface area contributed by atoms with E-state index in [4.69, 9.17) is 0 Å². The fraction of sp³-hybridized carbons (Fsp3) is 0.727. The quantitative estimate of drug-likeness (QED) is 0.679. The Kier molecular flexibility index (Phi) is 4.93. The van der Waals surface area contributed by atoms with Gasteiger partial charge in [-0.2, -0.15) is 0 Å². The van der Waals surface area contributed by atoms with Crippen molar-refractivity contribution >= 4 is 17.8 Å². The molecule has 1 unspecified atom stereocenters. The zero-order valence-electron chi connectivity index (χ0n) is 10.2. The maximum atomic E-state index is 11.7. The van der Waals surface area contributed by atoms with Gasteiger partial charge >= 0.3 is 5.97 Å². The Bertz CT molecular complexity index is 317. The van der Waals surface area contributed by atoms with Crippen LogP contribution < -0.4 is 5.32 Å². The molecule has 1 aliphatic rings. The lowest BCUT2D eigenvalue weighted by Gasteiger charge is -2.31. The third kappa shape index (κ3) is 4.05. The molecule has 1 atom stereocenters. The summed E-state index contributed by atoms with van der Waals surface area (Å²) in [4.78, 5) is 35.5.